The van der Waals surface area contributed by atoms with Crippen molar-refractivity contribution < 1.29 is 14.6 Å². The van der Waals surface area contributed by atoms with Crippen LogP contribution in [0, 0.1) is 11.8 Å². The van der Waals surface area contributed by atoms with Crippen molar-refractivity contribution in [3.63, 3.8) is 0 Å². The maximum absolute atomic E-state index is 11.1. The van der Waals surface area contributed by atoms with Crippen LogP contribution in [-0.2, 0) is 9.53 Å². The molecule has 2 unspecified atom stereocenters. The molecule has 1 aliphatic heterocycles. The van der Waals surface area contributed by atoms with Crippen molar-refractivity contribution >= 4 is 11.7 Å². The molecule has 0 aromatic carbocycles. The quantitative estimate of drug-likeness (QED) is 0.749. The molecule has 1 aliphatic carbocycles. The van der Waals surface area contributed by atoms with Gasteiger partial charge < -0.3 is 9.84 Å². The zero-order valence-electron chi connectivity index (χ0n) is 8.77. The molecular formula is C11H15NO3. The highest BCUT2D eigenvalue weighted by atomic mass is 16.5. The molecule has 82 valence electrons. The lowest BCUT2D eigenvalue weighted by Gasteiger charge is -2.31. The van der Waals surface area contributed by atoms with Crippen LogP contribution in [0.25, 0.3) is 0 Å². The van der Waals surface area contributed by atoms with E-state index in [1.807, 2.05) is 6.08 Å². The number of hydrogen-bond donors (Lipinski definition) is 1. The predicted molar refractivity (Wildman–Crippen MR) is 55.9 cm³/mol. The number of carbonyl (C=O) groups is 1. The standard InChI is InChI=1S/C11H15NO3/c1-15-7-2-3-8-9(11(13)14)4-5-12-10(8)6-7/h6,8-9H,2-5H2,1H3,(H,13,14). The summed E-state index contributed by atoms with van der Waals surface area (Å²) in [5.41, 5.74) is 0.914. The van der Waals surface area contributed by atoms with Gasteiger partial charge in [0.05, 0.1) is 18.8 Å². The van der Waals surface area contributed by atoms with Crippen LogP contribution in [0.4, 0.5) is 0 Å². The molecule has 4 nitrogen and oxygen atoms in total. The van der Waals surface area contributed by atoms with Gasteiger partial charge in [-0.05, 0) is 18.9 Å². The van der Waals surface area contributed by atoms with Gasteiger partial charge in [0.2, 0.25) is 0 Å². The molecule has 0 aromatic heterocycles. The number of fused-ring (bicyclic) bond motifs is 1. The Bertz CT molecular complexity index is 333. The number of allylic oxidation sites excluding steroid dienone is 2. The SMILES string of the molecule is COC1=CC2=NCCC(C(=O)O)C2CC1. The van der Waals surface area contributed by atoms with Crippen LogP contribution in [0.5, 0.6) is 0 Å². The Balaban J connectivity index is 2.22. The summed E-state index contributed by atoms with van der Waals surface area (Å²) >= 11 is 0. The average molecular weight is 209 g/mol. The fourth-order valence-electron chi connectivity index (χ4n) is 2.35. The molecule has 15 heavy (non-hydrogen) atoms. The summed E-state index contributed by atoms with van der Waals surface area (Å²) in [4.78, 5) is 15.4. The van der Waals surface area contributed by atoms with Crippen LogP contribution in [-0.4, -0.2) is 30.4 Å². The van der Waals surface area contributed by atoms with Gasteiger partial charge in [0, 0.05) is 24.6 Å². The van der Waals surface area contributed by atoms with Crippen molar-refractivity contribution in [2.24, 2.45) is 16.8 Å². The molecule has 0 bridgehead atoms. The summed E-state index contributed by atoms with van der Waals surface area (Å²) in [6.45, 7) is 0.621. The first-order valence-corrected chi connectivity index (χ1v) is 5.24. The van der Waals surface area contributed by atoms with Gasteiger partial charge in [-0.2, -0.15) is 0 Å². The van der Waals surface area contributed by atoms with E-state index in [-0.39, 0.29) is 11.8 Å². The highest BCUT2D eigenvalue weighted by Gasteiger charge is 2.35. The fourth-order valence-corrected chi connectivity index (χ4v) is 2.35. The van der Waals surface area contributed by atoms with Crippen LogP contribution < -0.4 is 0 Å². The van der Waals surface area contributed by atoms with Crippen molar-refractivity contribution in [3.05, 3.63) is 11.8 Å². The molecule has 0 radical (unpaired) electrons. The van der Waals surface area contributed by atoms with Crippen LogP contribution in [0.2, 0.25) is 0 Å². The van der Waals surface area contributed by atoms with Crippen LogP contribution in [0.15, 0.2) is 16.8 Å². The average Bonchev–Trinajstić information content (AvgIpc) is 2.27. The van der Waals surface area contributed by atoms with E-state index in [0.29, 0.717) is 13.0 Å². The van der Waals surface area contributed by atoms with Crippen molar-refractivity contribution in [1.29, 1.82) is 0 Å². The van der Waals surface area contributed by atoms with E-state index in [0.717, 1.165) is 24.3 Å². The molecule has 2 atom stereocenters. The largest absolute Gasteiger partial charge is 0.501 e. The molecule has 1 heterocycles. The molecular weight excluding hydrogens is 194 g/mol. The number of nitrogens with zero attached hydrogens (tertiary/aromatic N) is 1. The lowest BCUT2D eigenvalue weighted by atomic mass is 9.77. The number of aliphatic carboxylic acids is 1. The van der Waals surface area contributed by atoms with Crippen molar-refractivity contribution in [3.8, 4) is 0 Å². The summed E-state index contributed by atoms with van der Waals surface area (Å²) in [6, 6.07) is 0. The zero-order chi connectivity index (χ0) is 10.8. The summed E-state index contributed by atoms with van der Waals surface area (Å²) in [7, 11) is 1.64. The summed E-state index contributed by atoms with van der Waals surface area (Å²) in [5.74, 6) is 0.0556. The van der Waals surface area contributed by atoms with E-state index in [2.05, 4.69) is 4.99 Å². The third-order valence-corrected chi connectivity index (χ3v) is 3.19. The molecule has 0 aromatic rings. The number of methoxy groups -OCH3 is 1. The molecule has 0 amide bonds. The van der Waals surface area contributed by atoms with E-state index in [4.69, 9.17) is 9.84 Å². The Morgan fingerprint density at radius 2 is 2.40 bits per heavy atom. The molecule has 4 heteroatoms. The lowest BCUT2D eigenvalue weighted by Crippen LogP contribution is -2.35. The van der Waals surface area contributed by atoms with Crippen LogP contribution in [0.3, 0.4) is 0 Å². The highest BCUT2D eigenvalue weighted by Crippen LogP contribution is 2.32. The van der Waals surface area contributed by atoms with Gasteiger partial charge in [-0.25, -0.2) is 0 Å². The lowest BCUT2D eigenvalue weighted by molar-refractivity contribution is -0.143. The second-order valence-corrected chi connectivity index (χ2v) is 4.00. The first kappa shape index (κ1) is 10.2. The Morgan fingerprint density at radius 1 is 1.60 bits per heavy atom. The maximum atomic E-state index is 11.1. The smallest absolute Gasteiger partial charge is 0.307 e. The van der Waals surface area contributed by atoms with E-state index < -0.39 is 5.97 Å². The van der Waals surface area contributed by atoms with Crippen LogP contribution in [0.1, 0.15) is 19.3 Å². The number of carboxylic acid groups (broad SMARTS) is 1. The molecule has 1 N–H and O–H groups in total. The molecule has 0 saturated carbocycles. The zero-order valence-corrected chi connectivity index (χ0v) is 8.77. The Hall–Kier alpha value is -1.32. The molecule has 0 fully saturated rings. The number of hydrogen-bond acceptors (Lipinski definition) is 3. The molecule has 0 saturated heterocycles. The van der Waals surface area contributed by atoms with Gasteiger partial charge in [-0.1, -0.05) is 0 Å². The molecule has 2 aliphatic rings. The second-order valence-electron chi connectivity index (χ2n) is 4.00. The Kier molecular flexibility index (Phi) is 2.75. The highest BCUT2D eigenvalue weighted by molar-refractivity contribution is 6.00. The predicted octanol–water partition coefficient (Wildman–Crippen LogP) is 1.47. The van der Waals surface area contributed by atoms with E-state index in [1.54, 1.807) is 7.11 Å². The van der Waals surface area contributed by atoms with E-state index >= 15 is 0 Å². The van der Waals surface area contributed by atoms with Crippen molar-refractivity contribution in [2.45, 2.75) is 19.3 Å². The first-order chi connectivity index (χ1) is 7.22. The maximum Gasteiger partial charge on any atom is 0.307 e. The molecule has 0 spiro atoms. The third kappa shape index (κ3) is 1.89. The topological polar surface area (TPSA) is 58.9 Å². The van der Waals surface area contributed by atoms with Gasteiger partial charge in [0.25, 0.3) is 0 Å². The van der Waals surface area contributed by atoms with Gasteiger partial charge in [0.15, 0.2) is 0 Å². The fraction of sp³-hybridized carbons (Fsp3) is 0.636. The number of rotatable bonds is 2. The monoisotopic (exact) mass is 209 g/mol. The van der Waals surface area contributed by atoms with E-state index in [9.17, 15) is 4.79 Å². The Labute approximate surface area is 88.7 Å². The minimum absolute atomic E-state index is 0.0927. The van der Waals surface area contributed by atoms with Gasteiger partial charge in [0.1, 0.15) is 0 Å². The summed E-state index contributed by atoms with van der Waals surface area (Å²) in [5, 5.41) is 9.09. The van der Waals surface area contributed by atoms with Gasteiger partial charge in [-0.15, -0.1) is 0 Å². The van der Waals surface area contributed by atoms with E-state index in [1.165, 1.54) is 0 Å². The number of ether oxygens (including phenoxy) is 1. The summed E-state index contributed by atoms with van der Waals surface area (Å²) < 4.78 is 5.17. The van der Waals surface area contributed by atoms with Gasteiger partial charge in [-0.3, -0.25) is 9.79 Å². The second kappa shape index (κ2) is 4.04. The van der Waals surface area contributed by atoms with Gasteiger partial charge >= 0.3 is 5.97 Å². The normalized spacial score (nSPS) is 29.9. The molecule has 2 rings (SSSR count). The first-order valence-electron chi connectivity index (χ1n) is 5.24. The van der Waals surface area contributed by atoms with Crippen molar-refractivity contribution in [1.82, 2.24) is 0 Å². The minimum atomic E-state index is -0.693. The number of aliphatic imine (C=N–C) groups is 1. The van der Waals surface area contributed by atoms with Crippen LogP contribution >= 0.6 is 0 Å². The Morgan fingerprint density at radius 3 is 3.07 bits per heavy atom. The number of carboxylic acids is 1. The summed E-state index contributed by atoms with van der Waals surface area (Å²) in [6.07, 6.45) is 4.24. The van der Waals surface area contributed by atoms with Crippen molar-refractivity contribution in [2.75, 3.05) is 13.7 Å². The minimum Gasteiger partial charge on any atom is -0.501 e. The third-order valence-electron chi connectivity index (χ3n) is 3.19.